The van der Waals surface area contributed by atoms with Gasteiger partial charge in [0.2, 0.25) is 5.78 Å². The minimum atomic E-state index is -0.775. The zero-order valence-electron chi connectivity index (χ0n) is 12.1. The minimum absolute atomic E-state index is 0.150. The van der Waals surface area contributed by atoms with Crippen molar-refractivity contribution < 1.29 is 13.9 Å². The molecule has 0 amide bonds. The molecule has 1 aromatic rings. The molecule has 0 aromatic carbocycles. The van der Waals surface area contributed by atoms with E-state index < -0.39 is 11.6 Å². The summed E-state index contributed by atoms with van der Waals surface area (Å²) in [4.78, 5) is 17.9. The largest absolute Gasteiger partial charge is 0.381 e. The number of Topliss-reactive ketones (excluding diaryl/α,β-unsaturated/α-hetero) is 1. The Morgan fingerprint density at radius 3 is 2.75 bits per heavy atom. The molecule has 0 radical (unpaired) electrons. The third kappa shape index (κ3) is 3.07. The van der Waals surface area contributed by atoms with Crippen LogP contribution < -0.4 is 0 Å². The Morgan fingerprint density at radius 1 is 1.50 bits per heavy atom. The van der Waals surface area contributed by atoms with Crippen LogP contribution in [0.4, 0.5) is 4.39 Å². The minimum Gasteiger partial charge on any atom is -0.381 e. The van der Waals surface area contributed by atoms with Gasteiger partial charge in [0.05, 0.1) is 6.20 Å². The third-order valence-corrected chi connectivity index (χ3v) is 3.36. The second kappa shape index (κ2) is 6.17. The summed E-state index contributed by atoms with van der Waals surface area (Å²) < 4.78 is 21.1. The highest BCUT2D eigenvalue weighted by Gasteiger charge is 2.25. The quantitative estimate of drug-likeness (QED) is 0.626. The average molecular weight is 281 g/mol. The number of halogens is 1. The second-order valence-corrected chi connectivity index (χ2v) is 5.17. The highest BCUT2D eigenvalue weighted by molar-refractivity contribution is 6.05. The fourth-order valence-corrected chi connectivity index (χ4v) is 2.43. The van der Waals surface area contributed by atoms with Crippen LogP contribution in [0.1, 0.15) is 35.2 Å². The molecule has 1 aliphatic rings. The number of ketones is 1. The first-order chi connectivity index (χ1) is 9.50. The molecule has 2 heterocycles. The van der Waals surface area contributed by atoms with Crippen LogP contribution in [-0.4, -0.2) is 47.5 Å². The van der Waals surface area contributed by atoms with Crippen LogP contribution in [0.15, 0.2) is 18.2 Å². The van der Waals surface area contributed by atoms with E-state index in [9.17, 15) is 9.18 Å². The number of hydrogen-bond acceptors (Lipinski definition) is 4. The molecule has 1 aromatic heterocycles. The Kier molecular flexibility index (Phi) is 4.54. The number of carbonyl (C=O) groups excluding carboxylic acids is 1. The van der Waals surface area contributed by atoms with E-state index in [0.717, 1.165) is 18.7 Å². The van der Waals surface area contributed by atoms with Crippen LogP contribution in [0.3, 0.4) is 0 Å². The number of aryl methyl sites for hydroxylation is 1. The van der Waals surface area contributed by atoms with Crippen LogP contribution >= 0.6 is 0 Å². The number of nitrogens with zero attached hydrogens (tertiary/aromatic N) is 3. The van der Waals surface area contributed by atoms with E-state index in [1.54, 1.807) is 14.1 Å². The van der Waals surface area contributed by atoms with Crippen LogP contribution in [0, 0.1) is 6.92 Å². The van der Waals surface area contributed by atoms with Crippen molar-refractivity contribution in [2.24, 2.45) is 0 Å². The number of hydrogen-bond donors (Lipinski definition) is 0. The van der Waals surface area contributed by atoms with Crippen LogP contribution in [0.5, 0.6) is 0 Å². The van der Waals surface area contributed by atoms with Crippen molar-refractivity contribution in [3.63, 3.8) is 0 Å². The van der Waals surface area contributed by atoms with Gasteiger partial charge in [0.25, 0.3) is 0 Å². The van der Waals surface area contributed by atoms with Crippen molar-refractivity contribution in [3.05, 3.63) is 29.7 Å². The molecule has 2 rings (SSSR count). The molecule has 0 atom stereocenters. The van der Waals surface area contributed by atoms with Crippen molar-refractivity contribution in [1.82, 2.24) is 14.5 Å². The summed E-state index contributed by atoms with van der Waals surface area (Å²) in [5, 5.41) is 0. The highest BCUT2D eigenvalue weighted by Crippen LogP contribution is 2.25. The molecule has 1 fully saturated rings. The molecular weight excluding hydrogens is 261 g/mol. The molecule has 0 unspecified atom stereocenters. The number of imidazole rings is 1. The summed E-state index contributed by atoms with van der Waals surface area (Å²) in [7, 11) is 3.35. The van der Waals surface area contributed by atoms with Crippen LogP contribution in [-0.2, 0) is 4.74 Å². The van der Waals surface area contributed by atoms with E-state index >= 15 is 0 Å². The number of aromatic nitrogens is 2. The van der Waals surface area contributed by atoms with Gasteiger partial charge in [-0.2, -0.15) is 0 Å². The maximum atomic E-state index is 13.9. The van der Waals surface area contributed by atoms with Gasteiger partial charge in [-0.1, -0.05) is 0 Å². The number of ether oxygens (including phenoxy) is 1. The van der Waals surface area contributed by atoms with Gasteiger partial charge in [-0.15, -0.1) is 0 Å². The van der Waals surface area contributed by atoms with Gasteiger partial charge in [0, 0.05) is 39.6 Å². The predicted octanol–water partition coefficient (Wildman–Crippen LogP) is 2.10. The van der Waals surface area contributed by atoms with Gasteiger partial charge in [-0.05, 0) is 19.8 Å². The standard InChI is InChI=1S/C14H20FN3O2/c1-10-16-8-13(14(19)12(15)9-17(2)3)18(10)11-4-6-20-7-5-11/h8-9,11H,4-7H2,1-3H3. The first-order valence-corrected chi connectivity index (χ1v) is 6.70. The number of carbonyl (C=O) groups is 1. The van der Waals surface area contributed by atoms with Gasteiger partial charge in [-0.3, -0.25) is 4.79 Å². The summed E-state index contributed by atoms with van der Waals surface area (Å²) in [5.74, 6) is -0.660. The fourth-order valence-electron chi connectivity index (χ4n) is 2.43. The van der Waals surface area contributed by atoms with Crippen molar-refractivity contribution in [1.29, 1.82) is 0 Å². The lowest BCUT2D eigenvalue weighted by Crippen LogP contribution is -2.23. The van der Waals surface area contributed by atoms with Crippen LogP contribution in [0.25, 0.3) is 0 Å². The molecule has 1 aliphatic heterocycles. The number of rotatable bonds is 4. The summed E-state index contributed by atoms with van der Waals surface area (Å²) in [6.07, 6.45) is 4.27. The molecule has 5 nitrogen and oxygen atoms in total. The van der Waals surface area contributed by atoms with Gasteiger partial charge >= 0.3 is 0 Å². The van der Waals surface area contributed by atoms with Gasteiger partial charge in [0.1, 0.15) is 11.5 Å². The SMILES string of the molecule is Cc1ncc(C(=O)C(F)=CN(C)C)n1C1CCOCC1. The monoisotopic (exact) mass is 281 g/mol. The lowest BCUT2D eigenvalue weighted by Gasteiger charge is -2.25. The molecule has 1 saturated heterocycles. The van der Waals surface area contributed by atoms with E-state index in [4.69, 9.17) is 4.74 Å². The zero-order chi connectivity index (χ0) is 14.7. The van der Waals surface area contributed by atoms with E-state index in [0.29, 0.717) is 18.9 Å². The molecule has 6 heteroatoms. The van der Waals surface area contributed by atoms with E-state index in [1.165, 1.54) is 17.3 Å². The van der Waals surface area contributed by atoms with E-state index in [-0.39, 0.29) is 6.04 Å². The molecule has 0 spiro atoms. The molecular formula is C14H20FN3O2. The van der Waals surface area contributed by atoms with Crippen LogP contribution in [0.2, 0.25) is 0 Å². The van der Waals surface area contributed by atoms with Crippen molar-refractivity contribution in [2.45, 2.75) is 25.8 Å². The summed E-state index contributed by atoms with van der Waals surface area (Å²) in [6.45, 7) is 3.15. The maximum absolute atomic E-state index is 13.9. The van der Waals surface area contributed by atoms with E-state index in [2.05, 4.69) is 4.98 Å². The van der Waals surface area contributed by atoms with E-state index in [1.807, 2.05) is 11.5 Å². The van der Waals surface area contributed by atoms with Crippen molar-refractivity contribution in [2.75, 3.05) is 27.3 Å². The fraction of sp³-hybridized carbons (Fsp3) is 0.571. The Labute approximate surface area is 118 Å². The summed E-state index contributed by atoms with van der Waals surface area (Å²) in [5.41, 5.74) is 0.310. The Morgan fingerprint density at radius 2 is 2.15 bits per heavy atom. The van der Waals surface area contributed by atoms with Crippen molar-refractivity contribution in [3.8, 4) is 0 Å². The lowest BCUT2D eigenvalue weighted by molar-refractivity contribution is 0.0675. The summed E-state index contributed by atoms with van der Waals surface area (Å²) in [6, 6.07) is 0.150. The molecule has 0 saturated carbocycles. The zero-order valence-corrected chi connectivity index (χ0v) is 12.1. The normalized spacial score (nSPS) is 17.3. The Bertz CT molecular complexity index is 516. The highest BCUT2D eigenvalue weighted by atomic mass is 19.1. The second-order valence-electron chi connectivity index (χ2n) is 5.17. The molecule has 110 valence electrons. The first kappa shape index (κ1) is 14.7. The molecule has 20 heavy (non-hydrogen) atoms. The smallest absolute Gasteiger partial charge is 0.240 e. The Balaban J connectivity index is 2.30. The molecule has 0 bridgehead atoms. The molecule has 0 aliphatic carbocycles. The first-order valence-electron chi connectivity index (χ1n) is 6.70. The maximum Gasteiger partial charge on any atom is 0.240 e. The predicted molar refractivity (Wildman–Crippen MR) is 73.3 cm³/mol. The topological polar surface area (TPSA) is 47.4 Å². The third-order valence-electron chi connectivity index (χ3n) is 3.36. The van der Waals surface area contributed by atoms with Gasteiger partial charge in [0.15, 0.2) is 5.83 Å². The lowest BCUT2D eigenvalue weighted by atomic mass is 10.1. The number of allylic oxidation sites excluding steroid dienone is 1. The Hall–Kier alpha value is -1.69. The van der Waals surface area contributed by atoms with Gasteiger partial charge < -0.3 is 14.2 Å². The average Bonchev–Trinajstić information content (AvgIpc) is 2.80. The summed E-state index contributed by atoms with van der Waals surface area (Å²) >= 11 is 0. The molecule has 0 N–H and O–H groups in total. The van der Waals surface area contributed by atoms with Gasteiger partial charge in [-0.25, -0.2) is 9.37 Å². The van der Waals surface area contributed by atoms with Crippen molar-refractivity contribution >= 4 is 5.78 Å².